The molecule has 5 aliphatic heterocycles. The Balaban J connectivity index is 0.996. The molecule has 0 radical (unpaired) electrons. The van der Waals surface area contributed by atoms with Gasteiger partial charge in [-0.05, 0) is 93.4 Å². The quantitative estimate of drug-likeness (QED) is 0.178. The Hall–Kier alpha value is -2.61. The summed E-state index contributed by atoms with van der Waals surface area (Å²) in [4.78, 5) is 42.0. The number of cyclic esters (lactones) is 2. The second-order valence-corrected chi connectivity index (χ2v) is 20.3. The lowest BCUT2D eigenvalue weighted by Crippen LogP contribution is -2.76. The summed E-state index contributed by atoms with van der Waals surface area (Å²) in [5.41, 5.74) is -4.28. The van der Waals surface area contributed by atoms with Crippen molar-refractivity contribution in [2.45, 2.75) is 140 Å². The van der Waals surface area contributed by atoms with Gasteiger partial charge in [-0.2, -0.15) is 0 Å². The van der Waals surface area contributed by atoms with Crippen molar-refractivity contribution in [1.29, 1.82) is 0 Å². The minimum atomic E-state index is -1.44. The molecule has 0 unspecified atom stereocenters. The molecule has 4 N–H and O–H groups in total. The zero-order valence-corrected chi connectivity index (χ0v) is 33.5. The summed E-state index contributed by atoms with van der Waals surface area (Å²) in [7, 11) is 0. The van der Waals surface area contributed by atoms with E-state index in [1.807, 2.05) is 19.9 Å². The van der Waals surface area contributed by atoms with Crippen LogP contribution in [0.4, 0.5) is 0 Å². The van der Waals surface area contributed by atoms with Gasteiger partial charge >= 0.3 is 11.9 Å². The topological polar surface area (TPSA) is 169 Å². The molecule has 12 nitrogen and oxygen atoms in total. The van der Waals surface area contributed by atoms with Crippen molar-refractivity contribution in [3.63, 3.8) is 0 Å². The maximum atomic E-state index is 15.0. The van der Waals surface area contributed by atoms with Crippen LogP contribution in [-0.2, 0) is 39.8 Å². The molecular formula is C44H60N2O10. The molecule has 1 aromatic rings. The van der Waals surface area contributed by atoms with Gasteiger partial charge in [-0.15, -0.1) is 0 Å². The normalized spacial score (nSPS) is 51.6. The Morgan fingerprint density at radius 3 is 2.61 bits per heavy atom. The monoisotopic (exact) mass is 776 g/mol. The summed E-state index contributed by atoms with van der Waals surface area (Å²) in [6.45, 7) is 12.1. The van der Waals surface area contributed by atoms with E-state index in [0.717, 1.165) is 44.5 Å². The smallest absolute Gasteiger partial charge is 0.339 e. The lowest BCUT2D eigenvalue weighted by atomic mass is 9.36. The van der Waals surface area contributed by atoms with Crippen LogP contribution in [0.1, 0.15) is 103 Å². The second kappa shape index (κ2) is 12.7. The average molecular weight is 777 g/mol. The van der Waals surface area contributed by atoms with E-state index in [0.29, 0.717) is 55.2 Å². The summed E-state index contributed by atoms with van der Waals surface area (Å²) >= 11 is 0. The third-order valence-corrected chi connectivity index (χ3v) is 17.3. The van der Waals surface area contributed by atoms with Gasteiger partial charge in [0.05, 0.1) is 36.4 Å². The molecule has 56 heavy (non-hydrogen) atoms. The molecule has 2 spiro atoms. The molecule has 0 aromatic carbocycles. The molecule has 5 saturated heterocycles. The molecule has 0 amide bonds. The number of rotatable bonds is 7. The van der Waals surface area contributed by atoms with Gasteiger partial charge in [0.1, 0.15) is 30.2 Å². The Bertz CT molecular complexity index is 1820. The average Bonchev–Trinajstić information content (AvgIpc) is 3.42. The van der Waals surface area contributed by atoms with Crippen molar-refractivity contribution in [2.75, 3.05) is 19.8 Å². The molecule has 306 valence electrons. The number of furan rings is 1. The second-order valence-electron chi connectivity index (χ2n) is 20.3. The molecule has 17 atom stereocenters. The predicted octanol–water partition coefficient (Wildman–Crippen LogP) is 4.17. The highest BCUT2D eigenvalue weighted by atomic mass is 16.7. The van der Waals surface area contributed by atoms with Gasteiger partial charge in [-0.1, -0.05) is 39.8 Å². The lowest BCUT2D eigenvalue weighted by molar-refractivity contribution is -0.252. The first-order chi connectivity index (χ1) is 26.7. The number of Topliss-reactive ketones (excluding diaryl/α,β-unsaturated/α-hetero) is 1. The molecule has 12 heteroatoms. The number of hydrogen-bond acceptors (Lipinski definition) is 12. The molecule has 8 fully saturated rings. The molecular weight excluding hydrogens is 716 g/mol. The first-order valence-electron chi connectivity index (χ1n) is 21.5. The number of epoxide rings is 1. The number of fused-ring (bicyclic) bond motifs is 2. The van der Waals surface area contributed by atoms with Crippen molar-refractivity contribution >= 4 is 17.7 Å². The number of allylic oxidation sites excluding steroid dienone is 1. The first-order valence-corrected chi connectivity index (χ1v) is 21.5. The Labute approximate surface area is 329 Å². The Kier molecular flexibility index (Phi) is 8.54. The standard InChI is InChI=1S/C44H60N2O10/c1-22(2)10-14-41(4)35-34(49)36(50)42(5)31(43(35)20-53-33(48)18-32(43)55-41)11-13-40(3)37(54-39(51)38-44(40,42)56-38)26-12-15-52-30(26)17-27-25-8-6-24(28-19-45-21-46-28)16-23(25)7-9-29(27)47/h6,8,12,15,22-25,27-29,31-32,35-38,45-47,50H,7,9-11,13-14,16-21H2,1-5H3/t23-,24+,25+,27-,28-,29-,31-,32-,35+,36+,37-,38+,40-,41-,42-,43-,44+/m0/s1. The number of nitrogens with one attached hydrogen (secondary N) is 2. The van der Waals surface area contributed by atoms with Gasteiger partial charge in [0.2, 0.25) is 0 Å². The number of carbonyl (C=O) groups excluding carboxylic acids is 3. The van der Waals surface area contributed by atoms with E-state index in [4.69, 9.17) is 23.4 Å². The van der Waals surface area contributed by atoms with Crippen LogP contribution in [0.25, 0.3) is 0 Å². The molecule has 6 heterocycles. The fourth-order valence-electron chi connectivity index (χ4n) is 14.7. The number of carbonyl (C=O) groups is 3. The van der Waals surface area contributed by atoms with Crippen LogP contribution in [0.3, 0.4) is 0 Å². The lowest BCUT2D eigenvalue weighted by Gasteiger charge is -2.66. The van der Waals surface area contributed by atoms with Gasteiger partial charge in [0, 0.05) is 47.5 Å². The molecule has 10 rings (SSSR count). The van der Waals surface area contributed by atoms with Crippen LogP contribution in [0.2, 0.25) is 0 Å². The Morgan fingerprint density at radius 1 is 1.02 bits per heavy atom. The molecule has 9 aliphatic rings. The number of ketones is 1. The minimum absolute atomic E-state index is 0.0312. The molecule has 1 aromatic heterocycles. The molecule has 0 bridgehead atoms. The van der Waals surface area contributed by atoms with E-state index < -0.39 is 69.9 Å². The zero-order chi connectivity index (χ0) is 39.2. The SMILES string of the molecule is CC(C)CC[C@]1(C)O[C@H]2CC(=O)OC[C@]23[C@H]2CC[C@@]4(C)[C@H](c5ccoc5C[C@H]5[C@@H]6C=C[C@@H]([C@@H]7CNCN7)C[C@@H]6CC[C@@H]5O)OC(=O)[C@H]5O[C@]54[C@]2(C)[C@H](O)C(=O)[C@@H]31. The number of ether oxygens (including phenoxy) is 4. The highest BCUT2D eigenvalue weighted by Gasteiger charge is 2.91. The zero-order valence-electron chi connectivity index (χ0n) is 33.5. The van der Waals surface area contributed by atoms with Gasteiger partial charge in [0.15, 0.2) is 11.9 Å². The minimum Gasteiger partial charge on any atom is -0.469 e. The molecule has 4 aliphatic carbocycles. The predicted molar refractivity (Wildman–Crippen MR) is 200 cm³/mol. The summed E-state index contributed by atoms with van der Waals surface area (Å²) in [5.74, 6) is -0.0494. The van der Waals surface area contributed by atoms with Crippen LogP contribution in [0.15, 0.2) is 28.9 Å². The van der Waals surface area contributed by atoms with Gasteiger partial charge in [-0.25, -0.2) is 4.79 Å². The van der Waals surface area contributed by atoms with Crippen LogP contribution in [0.5, 0.6) is 0 Å². The van der Waals surface area contributed by atoms with Crippen molar-refractivity contribution in [2.24, 2.45) is 57.7 Å². The third kappa shape index (κ3) is 4.83. The van der Waals surface area contributed by atoms with Crippen LogP contribution in [-0.4, -0.2) is 89.4 Å². The summed E-state index contributed by atoms with van der Waals surface area (Å²) in [6, 6.07) is 2.31. The number of esters is 2. The number of aliphatic hydroxyl groups excluding tert-OH is 2. The van der Waals surface area contributed by atoms with Gasteiger partial charge in [-0.3, -0.25) is 14.9 Å². The van der Waals surface area contributed by atoms with Crippen LogP contribution >= 0.6 is 0 Å². The van der Waals surface area contributed by atoms with Gasteiger partial charge < -0.3 is 38.9 Å². The summed E-state index contributed by atoms with van der Waals surface area (Å²) in [5, 5.41) is 31.1. The maximum Gasteiger partial charge on any atom is 0.339 e. The van der Waals surface area contributed by atoms with Crippen molar-refractivity contribution in [3.05, 3.63) is 35.8 Å². The van der Waals surface area contributed by atoms with E-state index in [-0.39, 0.29) is 42.5 Å². The highest BCUT2D eigenvalue weighted by Crippen LogP contribution is 2.80. The fourth-order valence-corrected chi connectivity index (χ4v) is 14.7. The first kappa shape index (κ1) is 37.6. The van der Waals surface area contributed by atoms with E-state index >= 15 is 4.79 Å². The van der Waals surface area contributed by atoms with Crippen LogP contribution < -0.4 is 10.6 Å². The number of aliphatic hydroxyl groups is 2. The largest absolute Gasteiger partial charge is 0.469 e. The van der Waals surface area contributed by atoms with Crippen LogP contribution in [0, 0.1) is 57.7 Å². The van der Waals surface area contributed by atoms with E-state index in [1.54, 1.807) is 6.26 Å². The van der Waals surface area contributed by atoms with Crippen molar-refractivity contribution in [1.82, 2.24) is 10.6 Å². The van der Waals surface area contributed by atoms with E-state index in [9.17, 15) is 19.8 Å². The van der Waals surface area contributed by atoms with E-state index in [2.05, 4.69) is 43.6 Å². The maximum absolute atomic E-state index is 15.0. The van der Waals surface area contributed by atoms with Crippen molar-refractivity contribution < 1.29 is 48.0 Å². The fraction of sp³-hybridized carbons (Fsp3) is 0.795. The third-order valence-electron chi connectivity index (χ3n) is 17.3. The van der Waals surface area contributed by atoms with Crippen molar-refractivity contribution in [3.8, 4) is 0 Å². The molecule has 3 saturated carbocycles. The van der Waals surface area contributed by atoms with Gasteiger partial charge in [0.25, 0.3) is 0 Å². The number of hydrogen-bond donors (Lipinski definition) is 4. The highest BCUT2D eigenvalue weighted by molar-refractivity contribution is 5.92. The Morgan fingerprint density at radius 2 is 1.84 bits per heavy atom. The summed E-state index contributed by atoms with van der Waals surface area (Å²) in [6.07, 6.45) is 8.08. The summed E-state index contributed by atoms with van der Waals surface area (Å²) < 4.78 is 32.1. The van der Waals surface area contributed by atoms with E-state index in [1.165, 1.54) is 0 Å².